The lowest BCUT2D eigenvalue weighted by Crippen LogP contribution is -2.40. The molecule has 1 amide bonds. The summed E-state index contributed by atoms with van der Waals surface area (Å²) in [5.74, 6) is 0.323. The van der Waals surface area contributed by atoms with E-state index in [1.165, 1.54) is 16.4 Å². The zero-order chi connectivity index (χ0) is 22.6. The summed E-state index contributed by atoms with van der Waals surface area (Å²) in [4.78, 5) is 12.5. The second kappa shape index (κ2) is 9.68. The van der Waals surface area contributed by atoms with Gasteiger partial charge in [0.05, 0.1) is 18.1 Å². The lowest BCUT2D eigenvalue weighted by molar-refractivity contribution is -0.118. The number of hydrogen-bond acceptors (Lipinski definition) is 5. The zero-order valence-electron chi connectivity index (χ0n) is 17.9. The highest BCUT2D eigenvalue weighted by molar-refractivity contribution is 9.10. The Morgan fingerprint density at radius 2 is 1.77 bits per heavy atom. The number of sulfonamides is 1. The molecule has 2 aromatic carbocycles. The van der Waals surface area contributed by atoms with Crippen molar-refractivity contribution in [3.8, 4) is 5.75 Å². The van der Waals surface area contributed by atoms with Gasteiger partial charge in [0.2, 0.25) is 10.0 Å². The number of halogens is 1. The van der Waals surface area contributed by atoms with E-state index in [-0.39, 0.29) is 22.8 Å². The van der Waals surface area contributed by atoms with Gasteiger partial charge in [-0.2, -0.15) is 4.31 Å². The van der Waals surface area contributed by atoms with Gasteiger partial charge in [-0.1, -0.05) is 36.7 Å². The van der Waals surface area contributed by atoms with Gasteiger partial charge < -0.3 is 14.8 Å². The Balaban J connectivity index is 1.62. The molecule has 1 saturated heterocycles. The molecule has 2 aromatic rings. The summed E-state index contributed by atoms with van der Waals surface area (Å²) < 4.78 is 38.7. The molecular weight excluding hydrogens is 484 g/mol. The highest BCUT2D eigenvalue weighted by Crippen LogP contribution is 2.33. The van der Waals surface area contributed by atoms with Gasteiger partial charge in [-0.25, -0.2) is 8.42 Å². The Hall–Kier alpha value is -1.94. The lowest BCUT2D eigenvalue weighted by atomic mass is 9.86. The maximum atomic E-state index is 12.7. The average Bonchev–Trinajstić information content (AvgIpc) is 2.73. The molecule has 0 atom stereocenters. The zero-order valence-corrected chi connectivity index (χ0v) is 20.3. The van der Waals surface area contributed by atoms with Gasteiger partial charge in [-0.05, 0) is 47.9 Å². The van der Waals surface area contributed by atoms with E-state index in [1.807, 2.05) is 18.2 Å². The van der Waals surface area contributed by atoms with E-state index in [0.29, 0.717) is 37.7 Å². The Morgan fingerprint density at radius 1 is 1.13 bits per heavy atom. The van der Waals surface area contributed by atoms with E-state index >= 15 is 0 Å². The van der Waals surface area contributed by atoms with E-state index in [0.717, 1.165) is 10.0 Å². The van der Waals surface area contributed by atoms with Crippen LogP contribution in [0.25, 0.3) is 0 Å². The van der Waals surface area contributed by atoms with Crippen molar-refractivity contribution < 1.29 is 22.7 Å². The molecule has 0 aromatic heterocycles. The third kappa shape index (κ3) is 6.06. The Morgan fingerprint density at radius 3 is 2.39 bits per heavy atom. The predicted molar refractivity (Wildman–Crippen MR) is 123 cm³/mol. The topological polar surface area (TPSA) is 84.9 Å². The van der Waals surface area contributed by atoms with E-state index in [9.17, 15) is 13.2 Å². The molecule has 168 valence electrons. The number of nitrogens with zero attached hydrogens (tertiary/aromatic N) is 1. The molecule has 1 N–H and O–H groups in total. The molecule has 3 rings (SSSR count). The number of anilines is 1. The molecular formula is C22H27BrN2O5S. The molecule has 1 aliphatic rings. The number of carbonyl (C=O) groups excluding carboxylic acids is 1. The summed E-state index contributed by atoms with van der Waals surface area (Å²) in [6, 6.07) is 11.8. The van der Waals surface area contributed by atoms with Gasteiger partial charge >= 0.3 is 0 Å². The van der Waals surface area contributed by atoms with Crippen LogP contribution >= 0.6 is 15.9 Å². The van der Waals surface area contributed by atoms with Crippen LogP contribution in [-0.4, -0.2) is 51.5 Å². The molecule has 1 aliphatic heterocycles. The van der Waals surface area contributed by atoms with Crippen molar-refractivity contribution >= 4 is 37.5 Å². The Kier molecular flexibility index (Phi) is 7.41. The fourth-order valence-corrected chi connectivity index (χ4v) is 4.97. The SMILES string of the molecule is CC(C)(C)c1cc(Br)ccc1OCC(=O)Nc1ccc(S(=O)(=O)N2CCOCC2)cc1. The minimum Gasteiger partial charge on any atom is -0.483 e. The number of ether oxygens (including phenoxy) is 2. The fourth-order valence-electron chi connectivity index (χ4n) is 3.20. The number of hydrogen-bond donors (Lipinski definition) is 1. The minimum absolute atomic E-state index is 0.141. The maximum absolute atomic E-state index is 12.7. The smallest absolute Gasteiger partial charge is 0.262 e. The van der Waals surface area contributed by atoms with Gasteiger partial charge in [0, 0.05) is 28.8 Å². The van der Waals surface area contributed by atoms with Crippen LogP contribution in [0.15, 0.2) is 51.8 Å². The third-order valence-electron chi connectivity index (χ3n) is 4.85. The van der Waals surface area contributed by atoms with Gasteiger partial charge in [-0.15, -0.1) is 0 Å². The average molecular weight is 511 g/mol. The lowest BCUT2D eigenvalue weighted by Gasteiger charge is -2.26. The van der Waals surface area contributed by atoms with Crippen LogP contribution in [0, 0.1) is 0 Å². The Labute approximate surface area is 191 Å². The van der Waals surface area contributed by atoms with Crippen LogP contribution in [-0.2, 0) is 25.0 Å². The number of amides is 1. The van der Waals surface area contributed by atoms with Crippen LogP contribution in [0.2, 0.25) is 0 Å². The van der Waals surface area contributed by atoms with Crippen LogP contribution in [0.4, 0.5) is 5.69 Å². The molecule has 0 bridgehead atoms. The second-order valence-corrected chi connectivity index (χ2v) is 11.1. The van der Waals surface area contributed by atoms with Crippen molar-refractivity contribution in [2.45, 2.75) is 31.1 Å². The Bertz CT molecular complexity index is 1030. The second-order valence-electron chi connectivity index (χ2n) is 8.27. The number of benzene rings is 2. The summed E-state index contributed by atoms with van der Waals surface area (Å²) in [6.07, 6.45) is 0. The first-order valence-electron chi connectivity index (χ1n) is 9.98. The molecule has 7 nitrogen and oxygen atoms in total. The van der Waals surface area contributed by atoms with Crippen LogP contribution in [0.3, 0.4) is 0 Å². The molecule has 0 unspecified atom stereocenters. The van der Waals surface area contributed by atoms with Crippen molar-refractivity contribution in [1.29, 1.82) is 0 Å². The van der Waals surface area contributed by atoms with Crippen molar-refractivity contribution in [2.75, 3.05) is 38.2 Å². The van der Waals surface area contributed by atoms with Crippen molar-refractivity contribution in [1.82, 2.24) is 4.31 Å². The molecule has 1 heterocycles. The number of nitrogens with one attached hydrogen (secondary N) is 1. The molecule has 0 spiro atoms. The number of carbonyl (C=O) groups is 1. The van der Waals surface area contributed by atoms with E-state index in [1.54, 1.807) is 12.1 Å². The molecule has 0 aliphatic carbocycles. The summed E-state index contributed by atoms with van der Waals surface area (Å²) >= 11 is 3.47. The van der Waals surface area contributed by atoms with Gasteiger partial charge in [0.25, 0.3) is 5.91 Å². The number of morpholine rings is 1. The van der Waals surface area contributed by atoms with E-state index in [4.69, 9.17) is 9.47 Å². The highest BCUT2D eigenvalue weighted by Gasteiger charge is 2.26. The standard InChI is InChI=1S/C22H27BrN2O5S/c1-22(2,3)19-14-16(23)4-9-20(19)30-15-21(26)24-17-5-7-18(8-6-17)31(27,28)25-10-12-29-13-11-25/h4-9,14H,10-13,15H2,1-3H3,(H,24,26). The summed E-state index contributed by atoms with van der Waals surface area (Å²) in [5.41, 5.74) is 1.35. The van der Waals surface area contributed by atoms with Crippen LogP contribution in [0.1, 0.15) is 26.3 Å². The summed E-state index contributed by atoms with van der Waals surface area (Å²) in [7, 11) is -3.56. The molecule has 0 saturated carbocycles. The minimum atomic E-state index is -3.56. The normalized spacial score (nSPS) is 15.5. The number of rotatable bonds is 6. The first kappa shape index (κ1) is 23.7. The molecule has 31 heavy (non-hydrogen) atoms. The largest absolute Gasteiger partial charge is 0.483 e. The molecule has 1 fully saturated rings. The van der Waals surface area contributed by atoms with Gasteiger partial charge in [0.15, 0.2) is 6.61 Å². The van der Waals surface area contributed by atoms with Crippen molar-refractivity contribution in [2.24, 2.45) is 0 Å². The first-order valence-corrected chi connectivity index (χ1v) is 12.2. The third-order valence-corrected chi connectivity index (χ3v) is 7.26. The van der Waals surface area contributed by atoms with Gasteiger partial charge in [0.1, 0.15) is 5.75 Å². The molecule has 9 heteroatoms. The summed E-state index contributed by atoms with van der Waals surface area (Å²) in [5, 5.41) is 2.74. The van der Waals surface area contributed by atoms with Crippen LogP contribution < -0.4 is 10.1 Å². The highest BCUT2D eigenvalue weighted by atomic mass is 79.9. The van der Waals surface area contributed by atoms with Crippen molar-refractivity contribution in [3.05, 3.63) is 52.5 Å². The van der Waals surface area contributed by atoms with Gasteiger partial charge in [-0.3, -0.25) is 4.79 Å². The maximum Gasteiger partial charge on any atom is 0.262 e. The van der Waals surface area contributed by atoms with Crippen LogP contribution in [0.5, 0.6) is 5.75 Å². The van der Waals surface area contributed by atoms with E-state index < -0.39 is 10.0 Å². The predicted octanol–water partition coefficient (Wildman–Crippen LogP) is 3.79. The van der Waals surface area contributed by atoms with E-state index in [2.05, 4.69) is 42.0 Å². The quantitative estimate of drug-likeness (QED) is 0.638. The monoisotopic (exact) mass is 510 g/mol. The van der Waals surface area contributed by atoms with Crippen molar-refractivity contribution in [3.63, 3.8) is 0 Å². The first-order chi connectivity index (χ1) is 14.6. The molecule has 0 radical (unpaired) electrons. The summed E-state index contributed by atoms with van der Waals surface area (Å²) in [6.45, 7) is 7.54. The fraction of sp³-hybridized carbons (Fsp3) is 0.409.